The van der Waals surface area contributed by atoms with E-state index in [0.717, 1.165) is 0 Å². The minimum atomic E-state index is -5.55. The first kappa shape index (κ1) is 20.2. The summed E-state index contributed by atoms with van der Waals surface area (Å²) >= 11 is 0. The zero-order valence-corrected chi connectivity index (χ0v) is 12.8. The van der Waals surface area contributed by atoms with Crippen molar-refractivity contribution in [3.63, 3.8) is 0 Å². The smallest absolute Gasteiger partial charge is 0.745 e. The van der Waals surface area contributed by atoms with Crippen LogP contribution in [0.15, 0.2) is 0 Å². The number of rotatable bonds is 2. The van der Waals surface area contributed by atoms with Gasteiger partial charge in [-0.25, -0.2) is 16.8 Å². The second kappa shape index (κ2) is 5.75. The first-order chi connectivity index (χ1) is 4.50. The third kappa shape index (κ3) is 4.89. The first-order valence-corrected chi connectivity index (χ1v) is 4.95. The molecule has 7 nitrogen and oxygen atoms in total. The predicted octanol–water partition coefficient (Wildman–Crippen LogP) is -8.25. The molecule has 0 aromatic rings. The maximum Gasteiger partial charge on any atom is 1.00 e. The molecule has 0 saturated heterocycles. The molecular weight excluding hydrogens is 246 g/mol. The molecule has 0 bridgehead atoms. The van der Waals surface area contributed by atoms with Gasteiger partial charge in [0.15, 0.2) is 0 Å². The second-order valence-electron chi connectivity index (χ2n) is 1.81. The number of hydrogen-bond acceptors (Lipinski definition) is 7. The van der Waals surface area contributed by atoms with Gasteiger partial charge in [0.2, 0.25) is 4.27 Å². The van der Waals surface area contributed by atoms with Crippen molar-refractivity contribution in [1.29, 1.82) is 0 Å². The van der Waals surface area contributed by atoms with Crippen molar-refractivity contribution in [2.24, 2.45) is 0 Å². The molecule has 68 valence electrons. The standard InChI is InChI=1S/C2H6O7S2.2Na/c1-2(3,10(4,5)6)11(7,8)9;;/h3H,1H3,(H,4,5,6)(H,7,8,9);;/q;2*+1/p-2. The monoisotopic (exact) mass is 250 g/mol. The quantitative estimate of drug-likeness (QED) is 0.379. The molecule has 0 aromatic carbocycles. The molecule has 0 rings (SSSR count). The van der Waals surface area contributed by atoms with Crippen molar-refractivity contribution < 1.29 is 90.2 Å². The SMILES string of the molecule is CC(O)(S(=O)(=O)[O-])S(=O)(=O)[O-].[Na+].[Na+]. The average Bonchev–Trinajstić information content (AvgIpc) is 1.58. The second-order valence-corrected chi connectivity index (χ2v) is 5.47. The van der Waals surface area contributed by atoms with E-state index in [1.54, 1.807) is 0 Å². The molecule has 0 heterocycles. The third-order valence-electron chi connectivity index (χ3n) is 0.928. The molecule has 11 heteroatoms. The molecule has 0 amide bonds. The zero-order valence-electron chi connectivity index (χ0n) is 7.21. The van der Waals surface area contributed by atoms with E-state index in [4.69, 9.17) is 5.11 Å². The summed E-state index contributed by atoms with van der Waals surface area (Å²) in [6, 6.07) is 0. The van der Waals surface area contributed by atoms with Crippen molar-refractivity contribution in [2.75, 3.05) is 0 Å². The molecule has 0 aliphatic rings. The van der Waals surface area contributed by atoms with Crippen LogP contribution in [0.25, 0.3) is 0 Å². The molecule has 0 aromatic heterocycles. The molecule has 0 aliphatic carbocycles. The van der Waals surface area contributed by atoms with E-state index in [1.165, 1.54) is 0 Å². The van der Waals surface area contributed by atoms with Crippen molar-refractivity contribution >= 4 is 20.2 Å². The van der Waals surface area contributed by atoms with Gasteiger partial charge in [0.05, 0.1) is 0 Å². The average molecular weight is 250 g/mol. The molecule has 0 saturated carbocycles. The van der Waals surface area contributed by atoms with Gasteiger partial charge in [0, 0.05) is 0 Å². The Balaban J connectivity index is -0.000000500. The molecule has 0 fully saturated rings. The summed E-state index contributed by atoms with van der Waals surface area (Å²) in [7, 11) is -11.1. The van der Waals surface area contributed by atoms with E-state index in [9.17, 15) is 25.9 Å². The predicted molar refractivity (Wildman–Crippen MR) is 30.0 cm³/mol. The molecular formula is C2H4Na2O7S2. The van der Waals surface area contributed by atoms with Gasteiger partial charge < -0.3 is 14.2 Å². The van der Waals surface area contributed by atoms with Gasteiger partial charge in [-0.05, 0) is 6.92 Å². The Hall–Kier alpha value is 1.78. The first-order valence-electron chi connectivity index (χ1n) is 2.13. The summed E-state index contributed by atoms with van der Waals surface area (Å²) < 4.78 is 55.7. The molecule has 0 spiro atoms. The van der Waals surface area contributed by atoms with Crippen LogP contribution in [0.4, 0.5) is 0 Å². The summed E-state index contributed by atoms with van der Waals surface area (Å²) in [5.41, 5.74) is 0. The summed E-state index contributed by atoms with van der Waals surface area (Å²) in [6.45, 7) is 0.109. The largest absolute Gasteiger partial charge is 1.00 e. The van der Waals surface area contributed by atoms with Crippen LogP contribution >= 0.6 is 0 Å². The summed E-state index contributed by atoms with van der Waals surface area (Å²) in [5, 5.41) is 8.39. The fourth-order valence-corrected chi connectivity index (χ4v) is 1.12. The van der Waals surface area contributed by atoms with Gasteiger partial charge in [0.25, 0.3) is 0 Å². The van der Waals surface area contributed by atoms with Crippen LogP contribution in [0.3, 0.4) is 0 Å². The zero-order chi connectivity index (χ0) is 9.50. The fraction of sp³-hybridized carbons (Fsp3) is 1.00. The Morgan fingerprint density at radius 1 is 1.00 bits per heavy atom. The summed E-state index contributed by atoms with van der Waals surface area (Å²) in [6.07, 6.45) is 0. The normalized spacial score (nSPS) is 12.6. The van der Waals surface area contributed by atoms with Crippen LogP contribution in [0.5, 0.6) is 0 Å². The van der Waals surface area contributed by atoms with E-state index in [1.807, 2.05) is 0 Å². The Labute approximate surface area is 120 Å². The van der Waals surface area contributed by atoms with Crippen molar-refractivity contribution in [1.82, 2.24) is 0 Å². The summed E-state index contributed by atoms with van der Waals surface area (Å²) in [4.78, 5) is 0. The maximum absolute atomic E-state index is 9.91. The molecule has 0 unspecified atom stereocenters. The maximum atomic E-state index is 9.91. The third-order valence-corrected chi connectivity index (χ3v) is 4.01. The Kier molecular flexibility index (Phi) is 8.95. The topological polar surface area (TPSA) is 135 Å². The Morgan fingerprint density at radius 3 is 1.15 bits per heavy atom. The van der Waals surface area contributed by atoms with Crippen LogP contribution in [-0.4, -0.2) is 35.3 Å². The summed E-state index contributed by atoms with van der Waals surface area (Å²) in [5.74, 6) is 0. The van der Waals surface area contributed by atoms with E-state index in [-0.39, 0.29) is 66.0 Å². The van der Waals surface area contributed by atoms with Crippen LogP contribution in [0.2, 0.25) is 0 Å². The van der Waals surface area contributed by atoms with Crippen LogP contribution < -0.4 is 59.1 Å². The number of hydrogen-bond donors (Lipinski definition) is 1. The van der Waals surface area contributed by atoms with Gasteiger partial charge in [-0.1, -0.05) is 0 Å². The van der Waals surface area contributed by atoms with Gasteiger partial charge >= 0.3 is 59.1 Å². The molecule has 13 heavy (non-hydrogen) atoms. The molecule has 0 radical (unpaired) electrons. The van der Waals surface area contributed by atoms with Crippen molar-refractivity contribution in [2.45, 2.75) is 11.2 Å². The van der Waals surface area contributed by atoms with Crippen LogP contribution in [-0.2, 0) is 20.2 Å². The van der Waals surface area contributed by atoms with Gasteiger partial charge in [-0.2, -0.15) is 0 Å². The Bertz CT molecular complexity index is 305. The van der Waals surface area contributed by atoms with E-state index < -0.39 is 24.5 Å². The van der Waals surface area contributed by atoms with Gasteiger partial charge in [0.1, 0.15) is 20.2 Å². The van der Waals surface area contributed by atoms with E-state index in [2.05, 4.69) is 0 Å². The van der Waals surface area contributed by atoms with Crippen molar-refractivity contribution in [3.8, 4) is 0 Å². The minimum Gasteiger partial charge on any atom is -0.745 e. The number of aliphatic hydroxyl groups is 1. The molecule has 1 N–H and O–H groups in total. The fourth-order valence-electron chi connectivity index (χ4n) is 0.125. The molecule has 0 atom stereocenters. The van der Waals surface area contributed by atoms with Gasteiger partial charge in [-0.15, -0.1) is 0 Å². The van der Waals surface area contributed by atoms with Crippen LogP contribution in [0.1, 0.15) is 6.92 Å². The van der Waals surface area contributed by atoms with E-state index in [0.29, 0.717) is 0 Å². The van der Waals surface area contributed by atoms with E-state index >= 15 is 0 Å². The Morgan fingerprint density at radius 2 is 1.15 bits per heavy atom. The minimum absolute atomic E-state index is 0. The van der Waals surface area contributed by atoms with Crippen molar-refractivity contribution in [3.05, 3.63) is 0 Å². The van der Waals surface area contributed by atoms with Crippen LogP contribution in [0, 0.1) is 0 Å². The molecule has 0 aliphatic heterocycles. The van der Waals surface area contributed by atoms with Gasteiger partial charge in [-0.3, -0.25) is 0 Å².